The number of aliphatic hydroxyl groups excluding tert-OH is 1. The van der Waals surface area contributed by atoms with Gasteiger partial charge in [-0.15, -0.1) is 0 Å². The molecule has 0 aliphatic heterocycles. The van der Waals surface area contributed by atoms with Crippen molar-refractivity contribution < 1.29 is 13.9 Å². The highest BCUT2D eigenvalue weighted by Gasteiger charge is 2.16. The third kappa shape index (κ3) is 2.37. The van der Waals surface area contributed by atoms with E-state index in [2.05, 4.69) is 4.98 Å². The molecule has 14 heavy (non-hydrogen) atoms. The van der Waals surface area contributed by atoms with Crippen molar-refractivity contribution in [2.45, 2.75) is 19.6 Å². The Kier molecular flexibility index (Phi) is 4.14. The Hall–Kier alpha value is -0.340. The third-order valence-corrected chi connectivity index (χ3v) is 2.67. The van der Waals surface area contributed by atoms with Gasteiger partial charge in [0.05, 0.1) is 12.3 Å². The fourth-order valence-electron chi connectivity index (χ4n) is 1.04. The molecule has 1 heterocycles. The molecule has 0 saturated heterocycles. The lowest BCUT2D eigenvalue weighted by molar-refractivity contribution is 0.143. The lowest BCUT2D eigenvalue weighted by Crippen LogP contribution is -2.08. The van der Waals surface area contributed by atoms with E-state index in [4.69, 9.17) is 10.8 Å². The van der Waals surface area contributed by atoms with Gasteiger partial charge >= 0.3 is 0 Å². The van der Waals surface area contributed by atoms with Crippen LogP contribution in [-0.2, 0) is 13.2 Å². The minimum atomic E-state index is -2.66. The molecule has 1 aromatic rings. The summed E-state index contributed by atoms with van der Waals surface area (Å²) < 4.78 is 25.6. The number of halogens is 3. The Morgan fingerprint density at radius 2 is 2.21 bits per heavy atom. The average Bonchev–Trinajstić information content (AvgIpc) is 2.16. The smallest absolute Gasteiger partial charge is 0.280 e. The van der Waals surface area contributed by atoms with Crippen LogP contribution in [0.3, 0.4) is 0 Å². The molecule has 78 valence electrons. The molecule has 1 aromatic heterocycles. The third-order valence-electron chi connectivity index (χ3n) is 1.74. The summed E-state index contributed by atoms with van der Waals surface area (Å²) in [6.07, 6.45) is -2.66. The molecule has 0 aliphatic carbocycles. The molecule has 3 nitrogen and oxygen atoms in total. The maximum Gasteiger partial charge on any atom is 0.280 e. The molecule has 0 unspecified atom stereocenters. The van der Waals surface area contributed by atoms with Crippen LogP contribution in [0.1, 0.15) is 23.4 Å². The van der Waals surface area contributed by atoms with Gasteiger partial charge in [-0.05, 0) is 34.2 Å². The second kappa shape index (κ2) is 4.94. The highest BCUT2D eigenvalue weighted by Crippen LogP contribution is 2.23. The molecular weight excluding hydrogens is 305 g/mol. The monoisotopic (exact) mass is 314 g/mol. The molecule has 3 N–H and O–H groups in total. The zero-order chi connectivity index (χ0) is 10.7. The van der Waals surface area contributed by atoms with Gasteiger partial charge in [-0.1, -0.05) is 0 Å². The van der Waals surface area contributed by atoms with Crippen molar-refractivity contribution in [2.75, 3.05) is 0 Å². The van der Waals surface area contributed by atoms with Crippen LogP contribution in [0.15, 0.2) is 6.07 Å². The van der Waals surface area contributed by atoms with Gasteiger partial charge in [0.25, 0.3) is 6.43 Å². The van der Waals surface area contributed by atoms with Gasteiger partial charge in [0, 0.05) is 10.1 Å². The molecule has 0 aromatic carbocycles. The number of nitrogens with two attached hydrogens (primary N) is 1. The number of nitrogens with zero attached hydrogens (tertiary/aromatic N) is 1. The fraction of sp³-hybridized carbons (Fsp3) is 0.375. The topological polar surface area (TPSA) is 59.1 Å². The predicted octanol–water partition coefficient (Wildman–Crippen LogP) is 1.57. The van der Waals surface area contributed by atoms with Crippen LogP contribution in [0, 0.1) is 3.57 Å². The van der Waals surface area contributed by atoms with Crippen molar-refractivity contribution in [2.24, 2.45) is 5.73 Å². The number of hydrogen-bond donors (Lipinski definition) is 2. The number of aromatic nitrogens is 1. The van der Waals surface area contributed by atoms with Crippen LogP contribution >= 0.6 is 22.6 Å². The van der Waals surface area contributed by atoms with Crippen LogP contribution in [0.5, 0.6) is 0 Å². The Morgan fingerprint density at radius 3 is 2.64 bits per heavy atom. The van der Waals surface area contributed by atoms with Gasteiger partial charge in [-0.2, -0.15) is 0 Å². The van der Waals surface area contributed by atoms with Gasteiger partial charge in [0.1, 0.15) is 5.69 Å². The molecule has 0 fully saturated rings. The summed E-state index contributed by atoms with van der Waals surface area (Å²) in [7, 11) is 0. The first-order valence-corrected chi connectivity index (χ1v) is 4.95. The largest absolute Gasteiger partial charge is 0.390 e. The van der Waals surface area contributed by atoms with E-state index in [9.17, 15) is 8.78 Å². The van der Waals surface area contributed by atoms with Crippen molar-refractivity contribution >= 4 is 22.6 Å². The highest BCUT2D eigenvalue weighted by molar-refractivity contribution is 14.1. The number of pyridine rings is 1. The van der Waals surface area contributed by atoms with Crippen LogP contribution in [0.2, 0.25) is 0 Å². The summed E-state index contributed by atoms with van der Waals surface area (Å²) in [4.78, 5) is 3.67. The lowest BCUT2D eigenvalue weighted by atomic mass is 10.2. The summed E-state index contributed by atoms with van der Waals surface area (Å²) >= 11 is 1.93. The fourth-order valence-corrected chi connectivity index (χ4v) is 1.71. The van der Waals surface area contributed by atoms with Gasteiger partial charge in [0.15, 0.2) is 0 Å². The van der Waals surface area contributed by atoms with Gasteiger partial charge < -0.3 is 10.8 Å². The van der Waals surface area contributed by atoms with E-state index in [0.717, 1.165) is 0 Å². The van der Waals surface area contributed by atoms with Crippen LogP contribution in [-0.4, -0.2) is 10.1 Å². The van der Waals surface area contributed by atoms with Gasteiger partial charge in [-0.3, -0.25) is 0 Å². The Labute approximate surface area is 93.5 Å². The van der Waals surface area contributed by atoms with Crippen molar-refractivity contribution in [3.05, 3.63) is 26.6 Å². The van der Waals surface area contributed by atoms with Crippen LogP contribution < -0.4 is 5.73 Å². The molecule has 0 amide bonds. The summed E-state index contributed by atoms with van der Waals surface area (Å²) in [6, 6.07) is 1.53. The minimum absolute atomic E-state index is 0.0222. The first-order valence-electron chi connectivity index (χ1n) is 3.87. The Bertz CT molecular complexity index is 333. The van der Waals surface area contributed by atoms with E-state index in [1.54, 1.807) is 0 Å². The molecule has 0 radical (unpaired) electrons. The number of aliphatic hydroxyl groups is 1. The van der Waals surface area contributed by atoms with Crippen LogP contribution in [0.4, 0.5) is 8.78 Å². The van der Waals surface area contributed by atoms with Crippen molar-refractivity contribution in [1.29, 1.82) is 0 Å². The number of rotatable bonds is 3. The maximum absolute atomic E-state index is 12.5. The molecule has 6 heteroatoms. The van der Waals surface area contributed by atoms with Crippen molar-refractivity contribution in [3.8, 4) is 0 Å². The van der Waals surface area contributed by atoms with E-state index >= 15 is 0 Å². The van der Waals surface area contributed by atoms with E-state index in [1.807, 2.05) is 22.6 Å². The summed E-state index contributed by atoms with van der Waals surface area (Å²) in [6.45, 7) is -0.322. The first kappa shape index (κ1) is 11.7. The van der Waals surface area contributed by atoms with Crippen molar-refractivity contribution in [3.63, 3.8) is 0 Å². The molecule has 0 aliphatic rings. The second-order valence-corrected chi connectivity index (χ2v) is 3.79. The summed E-state index contributed by atoms with van der Waals surface area (Å²) in [5.41, 5.74) is 5.56. The highest BCUT2D eigenvalue weighted by atomic mass is 127. The molecular formula is C8H9F2IN2O. The van der Waals surface area contributed by atoms with E-state index in [1.165, 1.54) is 6.07 Å². The van der Waals surface area contributed by atoms with Crippen LogP contribution in [0.25, 0.3) is 0 Å². The Balaban J connectivity index is 3.25. The summed E-state index contributed by atoms with van der Waals surface area (Å²) in [5, 5.41) is 8.84. The van der Waals surface area contributed by atoms with E-state index in [-0.39, 0.29) is 24.5 Å². The van der Waals surface area contributed by atoms with Gasteiger partial charge in [-0.25, -0.2) is 13.8 Å². The Morgan fingerprint density at radius 1 is 1.57 bits per heavy atom. The minimum Gasteiger partial charge on any atom is -0.390 e. The lowest BCUT2D eigenvalue weighted by Gasteiger charge is -2.09. The summed E-state index contributed by atoms with van der Waals surface area (Å²) in [5.74, 6) is 0. The zero-order valence-corrected chi connectivity index (χ0v) is 9.33. The van der Waals surface area contributed by atoms with E-state index in [0.29, 0.717) is 9.13 Å². The normalized spacial score (nSPS) is 11.0. The van der Waals surface area contributed by atoms with E-state index < -0.39 is 6.43 Å². The number of alkyl halides is 2. The SMILES string of the molecule is NCc1cc(I)c(CO)nc1C(F)F. The predicted molar refractivity (Wildman–Crippen MR) is 55.7 cm³/mol. The second-order valence-electron chi connectivity index (χ2n) is 2.62. The molecule has 0 bridgehead atoms. The molecule has 0 saturated carbocycles. The molecule has 0 spiro atoms. The van der Waals surface area contributed by atoms with Crippen molar-refractivity contribution in [1.82, 2.24) is 4.98 Å². The first-order chi connectivity index (χ1) is 6.60. The zero-order valence-electron chi connectivity index (χ0n) is 7.17. The quantitative estimate of drug-likeness (QED) is 0.833. The maximum atomic E-state index is 12.5. The average molecular weight is 314 g/mol. The number of hydrogen-bond acceptors (Lipinski definition) is 3. The van der Waals surface area contributed by atoms with Gasteiger partial charge in [0.2, 0.25) is 0 Å². The molecule has 1 rings (SSSR count). The standard InChI is InChI=1S/C8H9F2IN2O/c9-8(10)7-4(2-12)1-5(11)6(3-14)13-7/h1,8,14H,2-3,12H2. The molecule has 0 atom stereocenters.